The van der Waals surface area contributed by atoms with Crippen LogP contribution in [0.3, 0.4) is 0 Å². The average molecular weight is 415 g/mol. The second-order valence-corrected chi connectivity index (χ2v) is 6.22. The second-order valence-electron chi connectivity index (χ2n) is 6.22. The van der Waals surface area contributed by atoms with Gasteiger partial charge < -0.3 is 30.2 Å². The summed E-state index contributed by atoms with van der Waals surface area (Å²) in [7, 11) is 1.57. The smallest absolute Gasteiger partial charge is 0.253 e. The molecule has 0 saturated heterocycles. The predicted octanol–water partition coefficient (Wildman–Crippen LogP) is 2.91. The largest absolute Gasteiger partial charge is 0.494 e. The summed E-state index contributed by atoms with van der Waals surface area (Å²) in [6.07, 6.45) is 0. The first-order valence-corrected chi connectivity index (χ1v) is 9.88. The van der Waals surface area contributed by atoms with Crippen LogP contribution in [0.25, 0.3) is 0 Å². The number of nitrogens with one attached hydrogen (secondary N) is 3. The van der Waals surface area contributed by atoms with Gasteiger partial charge in [0.1, 0.15) is 11.5 Å². The Bertz CT molecular complexity index is 841. The van der Waals surface area contributed by atoms with E-state index in [1.54, 1.807) is 49.6 Å². The van der Waals surface area contributed by atoms with Gasteiger partial charge in [-0.15, -0.1) is 0 Å². The summed E-state index contributed by atoms with van der Waals surface area (Å²) >= 11 is 0. The number of carbonyl (C=O) groups excluding carboxylic acids is 2. The molecule has 0 aliphatic carbocycles. The van der Waals surface area contributed by atoms with Gasteiger partial charge in [0.25, 0.3) is 5.91 Å². The predicted molar refractivity (Wildman–Crippen MR) is 117 cm³/mol. The first-order chi connectivity index (χ1) is 14.6. The third kappa shape index (κ3) is 6.97. The van der Waals surface area contributed by atoms with E-state index in [0.29, 0.717) is 54.8 Å². The van der Waals surface area contributed by atoms with Gasteiger partial charge in [-0.1, -0.05) is 12.1 Å². The fourth-order valence-corrected chi connectivity index (χ4v) is 2.71. The van der Waals surface area contributed by atoms with E-state index in [-0.39, 0.29) is 18.4 Å². The first-order valence-electron chi connectivity index (χ1n) is 9.88. The highest BCUT2D eigenvalue weighted by Gasteiger charge is 2.13. The molecular formula is C22H29N3O5. The van der Waals surface area contributed by atoms with Crippen molar-refractivity contribution in [3.05, 3.63) is 48.0 Å². The third-order valence-corrected chi connectivity index (χ3v) is 4.04. The molecule has 0 aliphatic rings. The number of ether oxygens (including phenoxy) is 3. The normalized spacial score (nSPS) is 10.2. The Hall–Kier alpha value is -3.26. The van der Waals surface area contributed by atoms with Crippen LogP contribution in [0.5, 0.6) is 11.5 Å². The molecular weight excluding hydrogens is 386 g/mol. The summed E-state index contributed by atoms with van der Waals surface area (Å²) in [6.45, 7) is 5.56. The average Bonchev–Trinajstić information content (AvgIpc) is 2.75. The van der Waals surface area contributed by atoms with Crippen LogP contribution in [-0.4, -0.2) is 51.8 Å². The molecule has 30 heavy (non-hydrogen) atoms. The molecule has 8 nitrogen and oxygen atoms in total. The van der Waals surface area contributed by atoms with E-state index in [1.807, 2.05) is 13.8 Å². The Kier molecular flexibility index (Phi) is 9.47. The van der Waals surface area contributed by atoms with Gasteiger partial charge >= 0.3 is 0 Å². The Morgan fingerprint density at radius 1 is 0.967 bits per heavy atom. The zero-order chi connectivity index (χ0) is 21.8. The van der Waals surface area contributed by atoms with Crippen molar-refractivity contribution < 1.29 is 23.8 Å². The van der Waals surface area contributed by atoms with Crippen LogP contribution in [0.15, 0.2) is 42.5 Å². The van der Waals surface area contributed by atoms with Crippen molar-refractivity contribution in [2.75, 3.05) is 50.7 Å². The van der Waals surface area contributed by atoms with Crippen molar-refractivity contribution in [1.29, 1.82) is 0 Å². The first kappa shape index (κ1) is 23.0. The highest BCUT2D eigenvalue weighted by Crippen LogP contribution is 2.29. The van der Waals surface area contributed by atoms with Crippen molar-refractivity contribution >= 4 is 23.2 Å². The van der Waals surface area contributed by atoms with Gasteiger partial charge in [0.05, 0.1) is 37.6 Å². The summed E-state index contributed by atoms with van der Waals surface area (Å²) in [5, 5.41) is 8.62. The van der Waals surface area contributed by atoms with Crippen LogP contribution < -0.4 is 25.4 Å². The minimum atomic E-state index is -0.279. The summed E-state index contributed by atoms with van der Waals surface area (Å²) < 4.78 is 16.0. The molecule has 8 heteroatoms. The van der Waals surface area contributed by atoms with Gasteiger partial charge in [-0.3, -0.25) is 9.59 Å². The van der Waals surface area contributed by atoms with Crippen LogP contribution in [0, 0.1) is 0 Å². The number of hydrogen-bond donors (Lipinski definition) is 3. The Labute approximate surface area is 176 Å². The number of carbonyl (C=O) groups is 2. The number of hydrogen-bond acceptors (Lipinski definition) is 6. The summed E-state index contributed by atoms with van der Waals surface area (Å²) in [6, 6.07) is 12.3. The summed E-state index contributed by atoms with van der Waals surface area (Å²) in [5.41, 5.74) is 1.55. The van der Waals surface area contributed by atoms with Crippen LogP contribution in [0.1, 0.15) is 24.2 Å². The van der Waals surface area contributed by atoms with Crippen LogP contribution in [0.2, 0.25) is 0 Å². The molecule has 0 aromatic heterocycles. The SMILES string of the molecule is CCOc1ccc(OCC)c(NC(=O)CNc2ccccc2C(=O)NCCOC)c1. The number of rotatable bonds is 12. The van der Waals surface area contributed by atoms with E-state index in [9.17, 15) is 9.59 Å². The van der Waals surface area contributed by atoms with Crippen molar-refractivity contribution in [2.45, 2.75) is 13.8 Å². The van der Waals surface area contributed by atoms with E-state index >= 15 is 0 Å². The van der Waals surface area contributed by atoms with Crippen molar-refractivity contribution in [1.82, 2.24) is 5.32 Å². The molecule has 3 N–H and O–H groups in total. The van der Waals surface area contributed by atoms with Gasteiger partial charge in [0.15, 0.2) is 0 Å². The maximum absolute atomic E-state index is 12.5. The maximum atomic E-state index is 12.5. The van der Waals surface area contributed by atoms with Crippen LogP contribution in [0.4, 0.5) is 11.4 Å². The summed E-state index contributed by atoms with van der Waals surface area (Å²) in [5.74, 6) is 0.687. The molecule has 2 aromatic rings. The van der Waals surface area contributed by atoms with Gasteiger partial charge in [0.2, 0.25) is 5.91 Å². The van der Waals surface area contributed by atoms with E-state index in [1.165, 1.54) is 0 Å². The Balaban J connectivity index is 2.03. The molecule has 0 aliphatic heterocycles. The lowest BCUT2D eigenvalue weighted by Crippen LogP contribution is -2.28. The fourth-order valence-electron chi connectivity index (χ4n) is 2.71. The molecule has 0 unspecified atom stereocenters. The molecule has 162 valence electrons. The van der Waals surface area contributed by atoms with Crippen LogP contribution >= 0.6 is 0 Å². The maximum Gasteiger partial charge on any atom is 0.253 e. The van der Waals surface area contributed by atoms with Crippen molar-refractivity contribution in [3.63, 3.8) is 0 Å². The standard InChI is InChI=1S/C22H29N3O5/c1-4-29-16-10-11-20(30-5-2)19(14-16)25-21(26)15-24-18-9-7-6-8-17(18)22(27)23-12-13-28-3/h6-11,14,24H,4-5,12-13,15H2,1-3H3,(H,23,27)(H,25,26). The quantitative estimate of drug-likeness (QED) is 0.461. The van der Waals surface area contributed by atoms with Gasteiger partial charge in [-0.25, -0.2) is 0 Å². The molecule has 0 fully saturated rings. The Morgan fingerprint density at radius 3 is 2.47 bits per heavy atom. The van der Waals surface area contributed by atoms with Gasteiger partial charge in [0, 0.05) is 25.4 Å². The molecule has 0 saturated carbocycles. The molecule has 0 radical (unpaired) electrons. The van der Waals surface area contributed by atoms with Crippen LogP contribution in [-0.2, 0) is 9.53 Å². The molecule has 2 aromatic carbocycles. The Morgan fingerprint density at radius 2 is 1.73 bits per heavy atom. The van der Waals surface area contributed by atoms with Gasteiger partial charge in [-0.2, -0.15) is 0 Å². The summed E-state index contributed by atoms with van der Waals surface area (Å²) in [4.78, 5) is 24.9. The fraction of sp³-hybridized carbons (Fsp3) is 0.364. The number of para-hydroxylation sites is 1. The highest BCUT2D eigenvalue weighted by atomic mass is 16.5. The van der Waals surface area contributed by atoms with Crippen molar-refractivity contribution in [3.8, 4) is 11.5 Å². The lowest BCUT2D eigenvalue weighted by molar-refractivity contribution is -0.114. The molecule has 0 spiro atoms. The lowest BCUT2D eigenvalue weighted by atomic mass is 10.1. The topological polar surface area (TPSA) is 97.9 Å². The molecule has 0 atom stereocenters. The van der Waals surface area contributed by atoms with Crippen molar-refractivity contribution in [2.24, 2.45) is 0 Å². The highest BCUT2D eigenvalue weighted by molar-refractivity contribution is 6.01. The number of amides is 2. The minimum Gasteiger partial charge on any atom is -0.494 e. The van der Waals surface area contributed by atoms with E-state index in [4.69, 9.17) is 14.2 Å². The third-order valence-electron chi connectivity index (χ3n) is 4.04. The van der Waals surface area contributed by atoms with E-state index in [0.717, 1.165) is 0 Å². The zero-order valence-corrected chi connectivity index (χ0v) is 17.6. The number of anilines is 2. The minimum absolute atomic E-state index is 0.0210. The molecule has 0 bridgehead atoms. The second kappa shape index (κ2) is 12.3. The molecule has 2 amide bonds. The zero-order valence-electron chi connectivity index (χ0n) is 17.6. The number of methoxy groups -OCH3 is 1. The number of benzene rings is 2. The van der Waals surface area contributed by atoms with Gasteiger partial charge in [-0.05, 0) is 38.1 Å². The van der Waals surface area contributed by atoms with E-state index in [2.05, 4.69) is 16.0 Å². The monoisotopic (exact) mass is 415 g/mol. The lowest BCUT2D eigenvalue weighted by Gasteiger charge is -2.15. The van der Waals surface area contributed by atoms with E-state index < -0.39 is 0 Å². The molecule has 2 rings (SSSR count). The molecule has 0 heterocycles.